The predicted molar refractivity (Wildman–Crippen MR) is 92.9 cm³/mol. The van der Waals surface area contributed by atoms with Crippen LogP contribution in [0.15, 0.2) is 59.1 Å². The maximum absolute atomic E-state index is 12.2. The van der Waals surface area contributed by atoms with E-state index < -0.39 is 12.1 Å². The summed E-state index contributed by atoms with van der Waals surface area (Å²) in [5.41, 5.74) is 2.15. The lowest BCUT2D eigenvalue weighted by Crippen LogP contribution is -2.34. The van der Waals surface area contributed by atoms with Crippen LogP contribution in [0.4, 0.5) is 10.5 Å². The molecule has 3 N–H and O–H groups in total. The minimum atomic E-state index is -0.482. The van der Waals surface area contributed by atoms with Crippen molar-refractivity contribution in [1.29, 1.82) is 0 Å². The Morgan fingerprint density at radius 1 is 1.20 bits per heavy atom. The van der Waals surface area contributed by atoms with Crippen LogP contribution in [-0.2, 0) is 0 Å². The number of aliphatic hydroxyl groups excluding tert-OH is 1. The van der Waals surface area contributed by atoms with Crippen molar-refractivity contribution in [2.24, 2.45) is 0 Å². The van der Waals surface area contributed by atoms with Gasteiger partial charge < -0.3 is 20.3 Å². The summed E-state index contributed by atoms with van der Waals surface area (Å²) in [5.74, 6) is 0.929. The van der Waals surface area contributed by atoms with Gasteiger partial charge in [0.2, 0.25) is 11.7 Å². The average molecular weight is 338 g/mol. The first-order valence-corrected chi connectivity index (χ1v) is 7.80. The zero-order valence-electron chi connectivity index (χ0n) is 13.6. The van der Waals surface area contributed by atoms with E-state index in [-0.39, 0.29) is 6.61 Å². The van der Waals surface area contributed by atoms with Gasteiger partial charge in [0, 0.05) is 18.2 Å². The molecule has 0 radical (unpaired) electrons. The Morgan fingerprint density at radius 2 is 2.00 bits per heavy atom. The third-order valence-electron chi connectivity index (χ3n) is 3.60. The molecule has 0 aliphatic heterocycles. The first-order chi connectivity index (χ1) is 12.2. The molecular formula is C18H18N4O3. The zero-order chi connectivity index (χ0) is 17.6. The maximum Gasteiger partial charge on any atom is 0.319 e. The van der Waals surface area contributed by atoms with E-state index in [1.807, 2.05) is 36.4 Å². The number of carbonyl (C=O) groups excluding carboxylic acids is 1. The van der Waals surface area contributed by atoms with Gasteiger partial charge in [-0.25, -0.2) is 4.79 Å². The Hall–Kier alpha value is -3.19. The molecule has 3 rings (SSSR count). The second kappa shape index (κ2) is 7.59. The first-order valence-electron chi connectivity index (χ1n) is 7.80. The van der Waals surface area contributed by atoms with Gasteiger partial charge in [-0.1, -0.05) is 47.6 Å². The summed E-state index contributed by atoms with van der Waals surface area (Å²) in [4.78, 5) is 16.4. The van der Waals surface area contributed by atoms with Crippen molar-refractivity contribution in [3.05, 3.63) is 66.1 Å². The second-order valence-electron chi connectivity index (χ2n) is 5.46. The molecule has 7 nitrogen and oxygen atoms in total. The fourth-order valence-corrected chi connectivity index (χ4v) is 2.40. The molecule has 0 saturated heterocycles. The summed E-state index contributed by atoms with van der Waals surface area (Å²) in [7, 11) is 0. The quantitative estimate of drug-likeness (QED) is 0.664. The standard InChI is InChI=1S/C18H18N4O3/c1-12-19-17(22-25-12)14-8-5-9-15(10-14)20-18(24)21-16(11-23)13-6-3-2-4-7-13/h2-10,16,23H,11H2,1H3,(H2,20,21,24). The molecule has 7 heteroatoms. The summed E-state index contributed by atoms with van der Waals surface area (Å²) in [6.07, 6.45) is 0. The van der Waals surface area contributed by atoms with E-state index >= 15 is 0 Å². The van der Waals surface area contributed by atoms with Crippen LogP contribution < -0.4 is 10.6 Å². The number of rotatable bonds is 5. The highest BCUT2D eigenvalue weighted by atomic mass is 16.5. The Labute approximate surface area is 144 Å². The minimum absolute atomic E-state index is 0.195. The molecule has 25 heavy (non-hydrogen) atoms. The van der Waals surface area contributed by atoms with Crippen LogP contribution >= 0.6 is 0 Å². The van der Waals surface area contributed by atoms with E-state index in [1.165, 1.54) is 0 Å². The molecule has 1 atom stereocenters. The number of aliphatic hydroxyl groups is 1. The Bertz CT molecular complexity index is 848. The number of hydrogen-bond acceptors (Lipinski definition) is 5. The van der Waals surface area contributed by atoms with Crippen LogP contribution in [-0.4, -0.2) is 27.9 Å². The summed E-state index contributed by atoms with van der Waals surface area (Å²) in [6.45, 7) is 1.52. The van der Waals surface area contributed by atoms with E-state index in [0.29, 0.717) is 17.4 Å². The normalized spacial score (nSPS) is 11.8. The fraction of sp³-hybridized carbons (Fsp3) is 0.167. The van der Waals surface area contributed by atoms with Crippen molar-refractivity contribution in [1.82, 2.24) is 15.5 Å². The number of benzene rings is 2. The minimum Gasteiger partial charge on any atom is -0.394 e. The van der Waals surface area contributed by atoms with Gasteiger partial charge in [-0.3, -0.25) is 0 Å². The average Bonchev–Trinajstić information content (AvgIpc) is 3.07. The second-order valence-corrected chi connectivity index (χ2v) is 5.46. The van der Waals surface area contributed by atoms with Gasteiger partial charge in [0.25, 0.3) is 0 Å². The zero-order valence-corrected chi connectivity index (χ0v) is 13.6. The number of hydrogen-bond donors (Lipinski definition) is 3. The van der Waals surface area contributed by atoms with E-state index in [2.05, 4.69) is 20.8 Å². The van der Waals surface area contributed by atoms with Crippen LogP contribution in [0.5, 0.6) is 0 Å². The molecule has 0 bridgehead atoms. The van der Waals surface area contributed by atoms with Crippen LogP contribution in [0.25, 0.3) is 11.4 Å². The number of urea groups is 1. The molecule has 0 fully saturated rings. The molecule has 1 heterocycles. The lowest BCUT2D eigenvalue weighted by atomic mass is 10.1. The Kier molecular flexibility index (Phi) is 5.06. The van der Waals surface area contributed by atoms with Crippen molar-refractivity contribution in [2.45, 2.75) is 13.0 Å². The lowest BCUT2D eigenvalue weighted by Gasteiger charge is -2.17. The molecule has 2 aromatic carbocycles. The third-order valence-corrected chi connectivity index (χ3v) is 3.60. The highest BCUT2D eigenvalue weighted by Gasteiger charge is 2.14. The van der Waals surface area contributed by atoms with Gasteiger partial charge in [-0.2, -0.15) is 4.98 Å². The predicted octanol–water partition coefficient (Wildman–Crippen LogP) is 2.90. The van der Waals surface area contributed by atoms with Crippen LogP contribution in [0.1, 0.15) is 17.5 Å². The van der Waals surface area contributed by atoms with E-state index in [4.69, 9.17) is 4.52 Å². The number of amides is 2. The van der Waals surface area contributed by atoms with Crippen LogP contribution in [0.3, 0.4) is 0 Å². The smallest absolute Gasteiger partial charge is 0.319 e. The highest BCUT2D eigenvalue weighted by molar-refractivity contribution is 5.90. The van der Waals surface area contributed by atoms with Crippen molar-refractivity contribution in [3.63, 3.8) is 0 Å². The summed E-state index contributed by atoms with van der Waals surface area (Å²) in [5, 5.41) is 18.9. The van der Waals surface area contributed by atoms with Gasteiger partial charge in [0.05, 0.1) is 12.6 Å². The first kappa shape index (κ1) is 16.7. The van der Waals surface area contributed by atoms with E-state index in [9.17, 15) is 9.90 Å². The van der Waals surface area contributed by atoms with Gasteiger partial charge in [-0.15, -0.1) is 0 Å². The number of nitrogens with zero attached hydrogens (tertiary/aromatic N) is 2. The van der Waals surface area contributed by atoms with Crippen LogP contribution in [0, 0.1) is 6.92 Å². The highest BCUT2D eigenvalue weighted by Crippen LogP contribution is 2.20. The Balaban J connectivity index is 1.68. The van der Waals surface area contributed by atoms with E-state index in [0.717, 1.165) is 11.1 Å². The van der Waals surface area contributed by atoms with Crippen molar-refractivity contribution in [2.75, 3.05) is 11.9 Å². The summed E-state index contributed by atoms with van der Waals surface area (Å²) >= 11 is 0. The van der Waals surface area contributed by atoms with Crippen molar-refractivity contribution < 1.29 is 14.4 Å². The number of anilines is 1. The van der Waals surface area contributed by atoms with Crippen molar-refractivity contribution >= 4 is 11.7 Å². The molecule has 1 unspecified atom stereocenters. The molecule has 2 amide bonds. The van der Waals surface area contributed by atoms with Gasteiger partial charge >= 0.3 is 6.03 Å². The van der Waals surface area contributed by atoms with Gasteiger partial charge in [-0.05, 0) is 17.7 Å². The molecule has 0 spiro atoms. The molecule has 0 aliphatic carbocycles. The monoisotopic (exact) mass is 338 g/mol. The SMILES string of the molecule is Cc1nc(-c2cccc(NC(=O)NC(CO)c3ccccc3)c2)no1. The number of nitrogens with one attached hydrogen (secondary N) is 2. The number of aromatic nitrogens is 2. The Morgan fingerprint density at radius 3 is 2.68 bits per heavy atom. The molecule has 0 saturated carbocycles. The topological polar surface area (TPSA) is 100 Å². The number of aryl methyl sites for hydroxylation is 1. The lowest BCUT2D eigenvalue weighted by molar-refractivity contribution is 0.225. The van der Waals surface area contributed by atoms with Crippen LogP contribution in [0.2, 0.25) is 0 Å². The molecular weight excluding hydrogens is 320 g/mol. The molecule has 128 valence electrons. The van der Waals surface area contributed by atoms with E-state index in [1.54, 1.807) is 25.1 Å². The number of carbonyl (C=O) groups is 1. The fourth-order valence-electron chi connectivity index (χ4n) is 2.40. The molecule has 3 aromatic rings. The maximum atomic E-state index is 12.2. The molecule has 0 aliphatic rings. The van der Waals surface area contributed by atoms with Gasteiger partial charge in [0.15, 0.2) is 0 Å². The van der Waals surface area contributed by atoms with Gasteiger partial charge in [0.1, 0.15) is 0 Å². The largest absolute Gasteiger partial charge is 0.394 e. The summed E-state index contributed by atoms with van der Waals surface area (Å²) < 4.78 is 4.97. The third kappa shape index (κ3) is 4.21. The summed E-state index contributed by atoms with van der Waals surface area (Å²) in [6, 6.07) is 15.5. The molecule has 1 aromatic heterocycles. The van der Waals surface area contributed by atoms with Crippen molar-refractivity contribution in [3.8, 4) is 11.4 Å².